The van der Waals surface area contributed by atoms with Crippen molar-refractivity contribution in [3.05, 3.63) is 53.6 Å². The summed E-state index contributed by atoms with van der Waals surface area (Å²) in [5, 5.41) is 0. The first-order valence-corrected chi connectivity index (χ1v) is 15.7. The van der Waals surface area contributed by atoms with Gasteiger partial charge in [-0.2, -0.15) is 0 Å². The summed E-state index contributed by atoms with van der Waals surface area (Å²) >= 11 is 0. The first-order chi connectivity index (χ1) is 18.4. The first-order valence-electron chi connectivity index (χ1n) is 15.7. The molecular formula is C35H52F2O. The highest BCUT2D eigenvalue weighted by molar-refractivity contribution is 5.65. The van der Waals surface area contributed by atoms with Gasteiger partial charge in [-0.1, -0.05) is 90.5 Å². The predicted molar refractivity (Wildman–Crippen MR) is 158 cm³/mol. The fourth-order valence-corrected chi connectivity index (χ4v) is 6.80. The van der Waals surface area contributed by atoms with Crippen LogP contribution in [0.25, 0.3) is 11.1 Å². The SMILES string of the molecule is CC.CCCCCCC(C)Oc1c(F)cc(-c2ccc(C34CCC(CCCCC)(CC3)CC4)cc2)cc1F. The molecule has 0 spiro atoms. The van der Waals surface area contributed by atoms with Gasteiger partial charge in [-0.25, -0.2) is 8.78 Å². The quantitative estimate of drug-likeness (QED) is 0.236. The Bertz CT molecular complexity index is 932. The van der Waals surface area contributed by atoms with E-state index >= 15 is 0 Å². The van der Waals surface area contributed by atoms with Crippen LogP contribution in [0.4, 0.5) is 8.78 Å². The van der Waals surface area contributed by atoms with Gasteiger partial charge in [0.05, 0.1) is 6.10 Å². The Hall–Kier alpha value is -1.90. The van der Waals surface area contributed by atoms with Crippen molar-refractivity contribution in [2.45, 2.75) is 142 Å². The van der Waals surface area contributed by atoms with Crippen LogP contribution in [0.1, 0.15) is 136 Å². The van der Waals surface area contributed by atoms with Gasteiger partial charge in [-0.15, -0.1) is 0 Å². The van der Waals surface area contributed by atoms with Gasteiger partial charge in [0.15, 0.2) is 17.4 Å². The Morgan fingerprint density at radius 1 is 0.737 bits per heavy atom. The smallest absolute Gasteiger partial charge is 0.191 e. The lowest BCUT2D eigenvalue weighted by molar-refractivity contribution is 0.0305. The van der Waals surface area contributed by atoms with Gasteiger partial charge in [0.2, 0.25) is 0 Å². The number of ether oxygens (including phenoxy) is 1. The van der Waals surface area contributed by atoms with Crippen molar-refractivity contribution in [1.29, 1.82) is 0 Å². The van der Waals surface area contributed by atoms with E-state index < -0.39 is 11.6 Å². The molecule has 0 saturated heterocycles. The third kappa shape index (κ3) is 7.39. The van der Waals surface area contributed by atoms with Crippen molar-refractivity contribution in [1.82, 2.24) is 0 Å². The van der Waals surface area contributed by atoms with Crippen LogP contribution in [-0.4, -0.2) is 6.10 Å². The van der Waals surface area contributed by atoms with Crippen LogP contribution in [0.3, 0.4) is 0 Å². The van der Waals surface area contributed by atoms with Crippen molar-refractivity contribution in [2.24, 2.45) is 5.41 Å². The van der Waals surface area contributed by atoms with E-state index in [-0.39, 0.29) is 11.9 Å². The Morgan fingerprint density at radius 3 is 1.84 bits per heavy atom. The maximum atomic E-state index is 14.9. The fourth-order valence-electron chi connectivity index (χ4n) is 6.80. The predicted octanol–water partition coefficient (Wildman–Crippen LogP) is 11.6. The first kappa shape index (κ1) is 30.6. The van der Waals surface area contributed by atoms with Crippen LogP contribution >= 0.6 is 0 Å². The number of hydrogen-bond acceptors (Lipinski definition) is 1. The van der Waals surface area contributed by atoms with E-state index in [0.29, 0.717) is 16.4 Å². The molecule has 3 aliphatic carbocycles. The summed E-state index contributed by atoms with van der Waals surface area (Å²) in [5.41, 5.74) is 3.73. The molecule has 3 saturated carbocycles. The van der Waals surface area contributed by atoms with Crippen LogP contribution in [0.5, 0.6) is 5.75 Å². The summed E-state index contributed by atoms with van der Waals surface area (Å²) in [6.07, 6.45) is 18.5. The van der Waals surface area contributed by atoms with Gasteiger partial charge in [0.1, 0.15) is 0 Å². The number of hydrogen-bond donors (Lipinski definition) is 0. The molecule has 212 valence electrons. The average Bonchev–Trinajstić information content (AvgIpc) is 2.95. The maximum Gasteiger partial charge on any atom is 0.191 e. The molecule has 5 rings (SSSR count). The second kappa shape index (κ2) is 14.5. The van der Waals surface area contributed by atoms with Gasteiger partial charge in [0.25, 0.3) is 0 Å². The number of rotatable bonds is 13. The second-order valence-corrected chi connectivity index (χ2v) is 11.9. The standard InChI is InChI=1S/C33H46F2O.C2H6/c1-4-6-8-9-11-25(3)36-31-29(34)23-27(24-30(31)35)26-12-14-28(15-13-26)33-20-17-32(18-21-33,19-22-33)16-10-7-5-2;1-2/h12-15,23-25H,4-11,16-22H2,1-3H3;1-2H3. The zero-order chi connectivity index (χ0) is 27.6. The molecule has 3 fully saturated rings. The van der Waals surface area contributed by atoms with Crippen molar-refractivity contribution in [3.63, 3.8) is 0 Å². The van der Waals surface area contributed by atoms with Gasteiger partial charge in [-0.05, 0) is 104 Å². The molecule has 1 nitrogen and oxygen atoms in total. The molecule has 0 amide bonds. The molecule has 1 atom stereocenters. The molecule has 2 bridgehead atoms. The van der Waals surface area contributed by atoms with Crippen LogP contribution in [0.15, 0.2) is 36.4 Å². The summed E-state index contributed by atoms with van der Waals surface area (Å²) in [5.74, 6) is -1.48. The Labute approximate surface area is 231 Å². The Morgan fingerprint density at radius 2 is 1.29 bits per heavy atom. The third-order valence-corrected chi connectivity index (χ3v) is 9.32. The van der Waals surface area contributed by atoms with Crippen molar-refractivity contribution >= 4 is 0 Å². The normalized spacial score (nSPS) is 23.0. The average molecular weight is 527 g/mol. The highest BCUT2D eigenvalue weighted by Gasteiger charge is 2.48. The van der Waals surface area contributed by atoms with Crippen LogP contribution in [0, 0.1) is 17.0 Å². The lowest BCUT2D eigenvalue weighted by Gasteiger charge is -2.54. The van der Waals surface area contributed by atoms with E-state index in [1.165, 1.54) is 94.7 Å². The van der Waals surface area contributed by atoms with E-state index in [2.05, 4.69) is 26.0 Å². The molecule has 0 aromatic heterocycles. The highest BCUT2D eigenvalue weighted by atomic mass is 19.1. The zero-order valence-corrected chi connectivity index (χ0v) is 24.8. The van der Waals surface area contributed by atoms with E-state index in [1.807, 2.05) is 32.9 Å². The van der Waals surface area contributed by atoms with Crippen LogP contribution in [0.2, 0.25) is 0 Å². The Kier molecular flexibility index (Phi) is 11.7. The number of benzene rings is 2. The fraction of sp³-hybridized carbons (Fsp3) is 0.657. The zero-order valence-electron chi connectivity index (χ0n) is 24.8. The summed E-state index contributed by atoms with van der Waals surface area (Å²) < 4.78 is 35.4. The second-order valence-electron chi connectivity index (χ2n) is 11.9. The van der Waals surface area contributed by atoms with Gasteiger partial charge in [-0.3, -0.25) is 0 Å². The minimum atomic E-state index is -0.618. The summed E-state index contributed by atoms with van der Waals surface area (Å²) in [4.78, 5) is 0. The molecule has 3 aliphatic rings. The van der Waals surface area contributed by atoms with Crippen molar-refractivity contribution in [2.75, 3.05) is 0 Å². The molecule has 0 aliphatic heterocycles. The molecule has 0 radical (unpaired) electrons. The molecule has 0 N–H and O–H groups in total. The molecule has 0 heterocycles. The van der Waals surface area contributed by atoms with Crippen LogP contribution < -0.4 is 4.74 Å². The molecule has 2 aromatic rings. The summed E-state index contributed by atoms with van der Waals surface area (Å²) in [6, 6.07) is 11.4. The largest absolute Gasteiger partial charge is 0.485 e. The minimum Gasteiger partial charge on any atom is -0.485 e. The van der Waals surface area contributed by atoms with E-state index in [0.717, 1.165) is 24.8 Å². The maximum absolute atomic E-state index is 14.9. The van der Waals surface area contributed by atoms with Gasteiger partial charge < -0.3 is 4.74 Å². The van der Waals surface area contributed by atoms with E-state index in [1.54, 1.807) is 0 Å². The third-order valence-electron chi connectivity index (χ3n) is 9.32. The lowest BCUT2D eigenvalue weighted by atomic mass is 9.51. The van der Waals surface area contributed by atoms with E-state index in [4.69, 9.17) is 4.74 Å². The van der Waals surface area contributed by atoms with Gasteiger partial charge >= 0.3 is 0 Å². The van der Waals surface area contributed by atoms with E-state index in [9.17, 15) is 8.78 Å². The monoisotopic (exact) mass is 526 g/mol. The number of halogens is 2. The summed E-state index contributed by atoms with van der Waals surface area (Å²) in [6.45, 7) is 10.3. The molecule has 1 unspecified atom stereocenters. The highest BCUT2D eigenvalue weighted by Crippen LogP contribution is 2.59. The molecule has 38 heavy (non-hydrogen) atoms. The summed E-state index contributed by atoms with van der Waals surface area (Å²) in [7, 11) is 0. The van der Waals surface area contributed by atoms with Crippen molar-refractivity contribution < 1.29 is 13.5 Å². The number of unbranched alkanes of at least 4 members (excludes halogenated alkanes) is 5. The van der Waals surface area contributed by atoms with Crippen molar-refractivity contribution in [3.8, 4) is 16.9 Å². The minimum absolute atomic E-state index is 0.202. The molecular weight excluding hydrogens is 474 g/mol. The lowest BCUT2D eigenvalue weighted by Crippen LogP contribution is -2.44. The van der Waals surface area contributed by atoms with Gasteiger partial charge in [0, 0.05) is 0 Å². The Balaban J connectivity index is 0.00000195. The molecule has 2 aromatic carbocycles. The topological polar surface area (TPSA) is 9.23 Å². The number of fused-ring (bicyclic) bond motifs is 3. The van der Waals surface area contributed by atoms with Crippen LogP contribution in [-0.2, 0) is 5.41 Å². The molecule has 3 heteroatoms.